The van der Waals surface area contributed by atoms with Crippen molar-refractivity contribution in [3.05, 3.63) is 0 Å². The van der Waals surface area contributed by atoms with E-state index in [0.29, 0.717) is 38.6 Å². The van der Waals surface area contributed by atoms with Crippen molar-refractivity contribution in [1.82, 2.24) is 0 Å². The van der Waals surface area contributed by atoms with Crippen molar-refractivity contribution in [2.45, 2.75) is 138 Å². The normalized spacial score (nSPS) is 61.2. The quantitative estimate of drug-likeness (QED) is 0.378. The number of rotatable bonds is 0. The fraction of sp³-hybridized carbons (Fsp3) is 1.00. The van der Waals surface area contributed by atoms with Crippen LogP contribution in [0.3, 0.4) is 0 Å². The molecule has 9 atom stereocenters. The third-order valence-electron chi connectivity index (χ3n) is 14.1. The van der Waals surface area contributed by atoms with Gasteiger partial charge in [-0.1, -0.05) is 55.4 Å². The molecule has 7 rings (SSSR count). The number of ether oxygens (including phenoxy) is 1. The summed E-state index contributed by atoms with van der Waals surface area (Å²) in [7, 11) is 0. The Bertz CT molecular complexity index is 796. The van der Waals surface area contributed by atoms with Crippen molar-refractivity contribution in [3.8, 4) is 0 Å². The third kappa shape index (κ3) is 2.25. The summed E-state index contributed by atoms with van der Waals surface area (Å²) >= 11 is 0. The molecule has 2 saturated heterocycles. The molecule has 0 aromatic rings. The zero-order valence-corrected chi connectivity index (χ0v) is 22.0. The molecule has 0 unspecified atom stereocenters. The molecule has 0 radical (unpaired) electrons. The zero-order valence-electron chi connectivity index (χ0n) is 22.0. The molecule has 0 aromatic heterocycles. The molecule has 2 aliphatic heterocycles. The van der Waals surface area contributed by atoms with Gasteiger partial charge in [0.2, 0.25) is 0 Å². The van der Waals surface area contributed by atoms with E-state index in [4.69, 9.17) is 4.74 Å². The minimum Gasteiger partial charge on any atom is -0.370 e. The minimum absolute atomic E-state index is 0.196. The molecule has 0 N–H and O–H groups in total. The van der Waals surface area contributed by atoms with Crippen LogP contribution in [0.15, 0.2) is 0 Å². The van der Waals surface area contributed by atoms with E-state index in [9.17, 15) is 0 Å². The summed E-state index contributed by atoms with van der Waals surface area (Å²) in [5, 5.41) is 0. The summed E-state index contributed by atoms with van der Waals surface area (Å²) in [5.41, 5.74) is 3.21. The first-order chi connectivity index (χ1) is 14.2. The van der Waals surface area contributed by atoms with Gasteiger partial charge in [0.25, 0.3) is 0 Å². The average molecular weight is 427 g/mol. The Morgan fingerprint density at radius 3 is 1.94 bits per heavy atom. The number of fused-ring (bicyclic) bond motifs is 6. The van der Waals surface area contributed by atoms with Gasteiger partial charge in [-0.2, -0.15) is 0 Å². The first kappa shape index (κ1) is 21.5. The first-order valence-electron chi connectivity index (χ1n) is 13.9. The summed E-state index contributed by atoms with van der Waals surface area (Å²) in [5.74, 6) is 2.59. The average Bonchev–Trinajstić information content (AvgIpc) is 2.71. The molecule has 1 nitrogen and oxygen atoms in total. The Balaban J connectivity index is 1.40. The van der Waals surface area contributed by atoms with Crippen LogP contribution in [0.1, 0.15) is 126 Å². The number of hydrogen-bond donors (Lipinski definition) is 0. The molecule has 7 fully saturated rings. The maximum atomic E-state index is 6.82. The van der Waals surface area contributed by atoms with Crippen LogP contribution in [0.25, 0.3) is 0 Å². The molecule has 0 amide bonds. The Morgan fingerprint density at radius 1 is 0.581 bits per heavy atom. The maximum absolute atomic E-state index is 6.82. The lowest BCUT2D eigenvalue weighted by molar-refractivity contribution is -0.399. The molecule has 2 bridgehead atoms. The SMILES string of the molecule is CC1(C)CC[C@]2(C)CC[C@]3(C)[C@H]4CC[C@@]56O[C@@H](CC[C@H]5[C@]4(C)CC[C@@]3(C)[C@@H]2C1)C6(C)C. The van der Waals surface area contributed by atoms with Crippen molar-refractivity contribution >= 4 is 0 Å². The summed E-state index contributed by atoms with van der Waals surface area (Å²) in [6.45, 7) is 21.2. The Labute approximate surface area is 192 Å². The van der Waals surface area contributed by atoms with Crippen molar-refractivity contribution in [2.24, 2.45) is 50.2 Å². The lowest BCUT2D eigenvalue weighted by Gasteiger charge is -2.79. The van der Waals surface area contributed by atoms with E-state index >= 15 is 0 Å². The Morgan fingerprint density at radius 2 is 1.23 bits per heavy atom. The highest BCUT2D eigenvalue weighted by atomic mass is 16.5. The second kappa shape index (κ2) is 5.78. The van der Waals surface area contributed by atoms with Crippen LogP contribution in [0.4, 0.5) is 0 Å². The van der Waals surface area contributed by atoms with Crippen LogP contribution in [0.2, 0.25) is 0 Å². The van der Waals surface area contributed by atoms with Gasteiger partial charge in [0.15, 0.2) is 0 Å². The van der Waals surface area contributed by atoms with Gasteiger partial charge >= 0.3 is 0 Å². The second-order valence-corrected chi connectivity index (χ2v) is 15.9. The van der Waals surface area contributed by atoms with E-state index < -0.39 is 0 Å². The topological polar surface area (TPSA) is 9.23 Å². The molecule has 0 aromatic carbocycles. The Hall–Kier alpha value is -0.0400. The lowest BCUT2D eigenvalue weighted by atomic mass is 9.30. The highest BCUT2D eigenvalue weighted by Gasteiger charge is 2.76. The molecule has 31 heavy (non-hydrogen) atoms. The minimum atomic E-state index is 0.196. The molecule has 5 saturated carbocycles. The summed E-state index contributed by atoms with van der Waals surface area (Å²) in [6.07, 6.45) is 16.3. The highest BCUT2D eigenvalue weighted by Crippen LogP contribution is 2.80. The molecule has 2 heterocycles. The molecule has 5 aliphatic carbocycles. The predicted molar refractivity (Wildman–Crippen MR) is 129 cm³/mol. The van der Waals surface area contributed by atoms with E-state index in [1.54, 1.807) is 0 Å². The maximum Gasteiger partial charge on any atom is 0.0795 e. The summed E-state index contributed by atoms with van der Waals surface area (Å²) < 4.78 is 6.82. The largest absolute Gasteiger partial charge is 0.370 e. The van der Waals surface area contributed by atoms with E-state index in [2.05, 4.69) is 55.4 Å². The van der Waals surface area contributed by atoms with Gasteiger partial charge in [0, 0.05) is 5.41 Å². The van der Waals surface area contributed by atoms with Crippen molar-refractivity contribution < 1.29 is 4.74 Å². The monoisotopic (exact) mass is 426 g/mol. The van der Waals surface area contributed by atoms with E-state index in [1.807, 2.05) is 0 Å². The van der Waals surface area contributed by atoms with Gasteiger partial charge in [-0.15, -0.1) is 0 Å². The van der Waals surface area contributed by atoms with Crippen molar-refractivity contribution in [1.29, 1.82) is 0 Å². The van der Waals surface area contributed by atoms with Gasteiger partial charge in [0.1, 0.15) is 0 Å². The molecular weight excluding hydrogens is 376 g/mol. The number of hydrogen-bond acceptors (Lipinski definition) is 1. The van der Waals surface area contributed by atoms with Crippen LogP contribution < -0.4 is 0 Å². The van der Waals surface area contributed by atoms with E-state index in [1.165, 1.54) is 70.6 Å². The van der Waals surface area contributed by atoms with Gasteiger partial charge in [-0.05, 0) is 115 Å². The van der Waals surface area contributed by atoms with Crippen LogP contribution >= 0.6 is 0 Å². The van der Waals surface area contributed by atoms with E-state index in [0.717, 1.165) is 17.8 Å². The van der Waals surface area contributed by atoms with Gasteiger partial charge in [-0.25, -0.2) is 0 Å². The predicted octanol–water partition coefficient (Wildman–Crippen LogP) is 8.41. The summed E-state index contributed by atoms with van der Waals surface area (Å²) in [4.78, 5) is 0. The molecule has 1 spiro atoms. The third-order valence-corrected chi connectivity index (χ3v) is 14.1. The zero-order chi connectivity index (χ0) is 22.3. The summed E-state index contributed by atoms with van der Waals surface area (Å²) in [6, 6.07) is 0. The fourth-order valence-electron chi connectivity index (χ4n) is 11.8. The van der Waals surface area contributed by atoms with Crippen molar-refractivity contribution in [2.75, 3.05) is 0 Å². The van der Waals surface area contributed by atoms with Crippen LogP contribution in [0, 0.1) is 50.2 Å². The van der Waals surface area contributed by atoms with Gasteiger partial charge in [-0.3, -0.25) is 0 Å². The van der Waals surface area contributed by atoms with Crippen LogP contribution in [-0.2, 0) is 4.74 Å². The standard InChI is InChI=1S/C30H50O/c1-24(2)13-14-26(5)15-17-28(7)20-11-12-30-21(9-10-23(31-30)25(30,3)4)27(20,6)16-18-29(28,8)22(26)19-24/h20-23H,9-19H2,1-8H3/t20-,21-,22+,23-,26+,27+,28+,29-,30+/m0/s1. The molecule has 176 valence electrons. The second-order valence-electron chi connectivity index (χ2n) is 15.9. The van der Waals surface area contributed by atoms with Gasteiger partial charge in [0.05, 0.1) is 11.7 Å². The van der Waals surface area contributed by atoms with Crippen LogP contribution in [0.5, 0.6) is 0 Å². The molecular formula is C30H50O. The lowest BCUT2D eigenvalue weighted by Crippen LogP contribution is -2.78. The van der Waals surface area contributed by atoms with Gasteiger partial charge < -0.3 is 4.74 Å². The van der Waals surface area contributed by atoms with Crippen LogP contribution in [-0.4, -0.2) is 11.7 Å². The fourth-order valence-corrected chi connectivity index (χ4v) is 11.8. The Kier molecular flexibility index (Phi) is 4.00. The highest BCUT2D eigenvalue weighted by molar-refractivity contribution is 5.25. The first-order valence-corrected chi connectivity index (χ1v) is 13.9. The van der Waals surface area contributed by atoms with Crippen molar-refractivity contribution in [3.63, 3.8) is 0 Å². The molecule has 1 heteroatoms. The van der Waals surface area contributed by atoms with E-state index in [-0.39, 0.29) is 5.60 Å². The smallest absolute Gasteiger partial charge is 0.0795 e. The molecule has 7 aliphatic rings.